The summed E-state index contributed by atoms with van der Waals surface area (Å²) in [4.78, 5) is 61.3. The van der Waals surface area contributed by atoms with Crippen LogP contribution < -0.4 is 0 Å². The first kappa shape index (κ1) is 32.9. The highest BCUT2D eigenvalue weighted by Crippen LogP contribution is 2.54. The fourth-order valence-corrected chi connectivity index (χ4v) is 7.44. The van der Waals surface area contributed by atoms with Crippen molar-refractivity contribution in [2.75, 3.05) is 26.7 Å². The molecule has 5 rings (SSSR count). The second-order valence-corrected chi connectivity index (χ2v) is 12.7. The maximum absolute atomic E-state index is 14.6. The lowest BCUT2D eigenvalue weighted by molar-refractivity contribution is -0.164. The Bertz CT molecular complexity index is 1310. The monoisotopic (exact) mass is 621 g/mol. The van der Waals surface area contributed by atoms with E-state index >= 15 is 0 Å². The molecule has 8 atom stereocenters. The fourth-order valence-electron chi connectivity index (χ4n) is 7.44. The summed E-state index contributed by atoms with van der Waals surface area (Å²) in [6, 6.07) is 7.15. The van der Waals surface area contributed by atoms with Crippen LogP contribution in [0.5, 0.6) is 0 Å². The third-order valence-electron chi connectivity index (χ3n) is 10.1. The molecule has 1 aromatic carbocycles. The molecule has 0 radical (unpaired) electrons. The van der Waals surface area contributed by atoms with Crippen LogP contribution in [0.2, 0.25) is 0 Å². The van der Waals surface area contributed by atoms with Crippen LogP contribution in [-0.2, 0) is 28.7 Å². The van der Waals surface area contributed by atoms with E-state index < -0.39 is 59.6 Å². The summed E-state index contributed by atoms with van der Waals surface area (Å²) in [6.45, 7) is 6.41. The van der Waals surface area contributed by atoms with E-state index in [9.17, 15) is 24.3 Å². The maximum Gasteiger partial charge on any atom is 0.313 e. The van der Waals surface area contributed by atoms with Crippen LogP contribution in [-0.4, -0.2) is 100 Å². The number of cyclic esters (lactones) is 1. The molecule has 4 aliphatic heterocycles. The predicted octanol–water partition coefficient (Wildman–Crippen LogP) is 3.41. The molecule has 244 valence electrons. The standard InChI is InChI=1S/C35H47N3O7/c1-5-7-13-20-37-21-14-19-35-29(32(41)38(25(6-2)22-39)31(35)33(37)42)28-26(45-35)17-11-12-18-27(40)36(4)23(3)30(44-34(28)43)24-15-9-8-10-16-24/h8-11,14-17,19,23,25-26,28-31,39H,5-7,12-13,18,20-22H2,1-4H3/b17-11-/t23-,25-,26-,28+,29+,30+,31-,35+/m0/s1. The molecule has 1 N–H and O–H groups in total. The number of amides is 3. The number of unbranched alkanes of at least 4 members (excludes halogenated alkanes) is 2. The average Bonchev–Trinajstić information content (AvgIpc) is 3.44. The lowest BCUT2D eigenvalue weighted by Crippen LogP contribution is -2.58. The summed E-state index contributed by atoms with van der Waals surface area (Å²) in [5.41, 5.74) is -0.693. The van der Waals surface area contributed by atoms with Crippen molar-refractivity contribution in [1.82, 2.24) is 14.7 Å². The number of aliphatic hydroxyl groups excluding tert-OH is 1. The number of hydrogen-bond acceptors (Lipinski definition) is 7. The number of fused-ring (bicyclic) bond motifs is 2. The first-order chi connectivity index (χ1) is 21.7. The zero-order valence-corrected chi connectivity index (χ0v) is 26.8. The zero-order chi connectivity index (χ0) is 32.3. The number of ether oxygens (including phenoxy) is 2. The second kappa shape index (κ2) is 13.9. The first-order valence-corrected chi connectivity index (χ1v) is 16.4. The lowest BCUT2D eigenvalue weighted by Gasteiger charge is -2.38. The van der Waals surface area contributed by atoms with Crippen molar-refractivity contribution in [3.63, 3.8) is 0 Å². The van der Waals surface area contributed by atoms with Gasteiger partial charge in [-0.3, -0.25) is 19.2 Å². The van der Waals surface area contributed by atoms with Gasteiger partial charge in [-0.15, -0.1) is 0 Å². The van der Waals surface area contributed by atoms with Crippen LogP contribution in [0.25, 0.3) is 0 Å². The van der Waals surface area contributed by atoms with Gasteiger partial charge < -0.3 is 29.3 Å². The number of benzene rings is 1. The highest BCUT2D eigenvalue weighted by atomic mass is 16.6. The number of allylic oxidation sites excluding steroid dienone is 1. The van der Waals surface area contributed by atoms with Crippen molar-refractivity contribution < 1.29 is 33.8 Å². The quantitative estimate of drug-likeness (QED) is 0.269. The smallest absolute Gasteiger partial charge is 0.313 e. The van der Waals surface area contributed by atoms with E-state index in [0.29, 0.717) is 25.9 Å². The molecule has 3 amide bonds. The van der Waals surface area contributed by atoms with Gasteiger partial charge in [0.15, 0.2) is 0 Å². The average molecular weight is 622 g/mol. The molecule has 0 aromatic heterocycles. The molecule has 0 saturated carbocycles. The topological polar surface area (TPSA) is 117 Å². The van der Waals surface area contributed by atoms with Crippen molar-refractivity contribution in [1.29, 1.82) is 0 Å². The highest BCUT2D eigenvalue weighted by Gasteiger charge is 2.72. The second-order valence-electron chi connectivity index (χ2n) is 12.7. The number of likely N-dealkylation sites (tertiary alicyclic amines) is 1. The molecule has 4 heterocycles. The SMILES string of the molecule is CCCCCN1CC=C[C@@]23O[C@H]4/C=C\CCC(=O)N(C)[C@@H](C)[C@H](c5ccccc5)OC(=O)[C@H]4[C@@H]2C(=O)N([C@@H](CC)CO)[C@H]3C1=O. The molecule has 1 aromatic rings. The minimum atomic E-state index is -1.42. The van der Waals surface area contributed by atoms with Gasteiger partial charge in [0.1, 0.15) is 23.7 Å². The Morgan fingerprint density at radius 1 is 1.04 bits per heavy atom. The molecule has 0 unspecified atom stereocenters. The van der Waals surface area contributed by atoms with E-state index in [1.165, 1.54) is 4.90 Å². The van der Waals surface area contributed by atoms with Gasteiger partial charge in [0.05, 0.1) is 30.7 Å². The third-order valence-corrected chi connectivity index (χ3v) is 10.1. The van der Waals surface area contributed by atoms with Crippen LogP contribution in [0.1, 0.15) is 71.0 Å². The van der Waals surface area contributed by atoms with Crippen LogP contribution in [0.4, 0.5) is 0 Å². The maximum atomic E-state index is 14.6. The van der Waals surface area contributed by atoms with Gasteiger partial charge in [0, 0.05) is 26.6 Å². The Morgan fingerprint density at radius 3 is 2.49 bits per heavy atom. The van der Waals surface area contributed by atoms with Gasteiger partial charge in [0.25, 0.3) is 0 Å². The Kier molecular flexibility index (Phi) is 10.1. The van der Waals surface area contributed by atoms with E-state index in [4.69, 9.17) is 9.47 Å². The summed E-state index contributed by atoms with van der Waals surface area (Å²) < 4.78 is 13.1. The van der Waals surface area contributed by atoms with Gasteiger partial charge >= 0.3 is 5.97 Å². The van der Waals surface area contributed by atoms with E-state index in [0.717, 1.165) is 24.8 Å². The molecular weight excluding hydrogens is 574 g/mol. The van der Waals surface area contributed by atoms with Gasteiger partial charge in [0.2, 0.25) is 17.7 Å². The van der Waals surface area contributed by atoms with Crippen molar-refractivity contribution in [3.8, 4) is 0 Å². The van der Waals surface area contributed by atoms with Crippen LogP contribution >= 0.6 is 0 Å². The molecule has 2 fully saturated rings. The molecule has 10 heteroatoms. The van der Waals surface area contributed by atoms with Gasteiger partial charge in [-0.05, 0) is 31.7 Å². The highest BCUT2D eigenvalue weighted by molar-refractivity contribution is 5.99. The number of aliphatic hydroxyl groups is 1. The Hall–Kier alpha value is -3.50. The molecule has 4 aliphatic rings. The lowest BCUT2D eigenvalue weighted by atomic mass is 9.77. The third kappa shape index (κ3) is 5.94. The number of carbonyl (C=O) groups excluding carboxylic acids is 4. The summed E-state index contributed by atoms with van der Waals surface area (Å²) in [5.74, 6) is -3.41. The van der Waals surface area contributed by atoms with Crippen LogP contribution in [0.3, 0.4) is 0 Å². The number of carbonyl (C=O) groups is 4. The summed E-state index contributed by atoms with van der Waals surface area (Å²) in [5, 5.41) is 10.4. The molecule has 1 spiro atoms. The van der Waals surface area contributed by atoms with Gasteiger partial charge in [-0.2, -0.15) is 0 Å². The van der Waals surface area contributed by atoms with Crippen LogP contribution in [0.15, 0.2) is 54.6 Å². The first-order valence-electron chi connectivity index (χ1n) is 16.4. The number of likely N-dealkylation sites (N-methyl/N-ethyl adjacent to an activating group) is 1. The predicted molar refractivity (Wildman–Crippen MR) is 168 cm³/mol. The minimum Gasteiger partial charge on any atom is -0.455 e. The number of rotatable bonds is 8. The number of esters is 1. The Labute approximate surface area is 266 Å². The molecule has 45 heavy (non-hydrogen) atoms. The molecule has 10 nitrogen and oxygen atoms in total. The largest absolute Gasteiger partial charge is 0.455 e. The van der Waals surface area contributed by atoms with E-state index in [1.54, 1.807) is 22.9 Å². The van der Waals surface area contributed by atoms with Crippen molar-refractivity contribution >= 4 is 23.7 Å². The van der Waals surface area contributed by atoms with Crippen molar-refractivity contribution in [2.45, 2.75) is 95.2 Å². The molecular formula is C35H47N3O7. The Morgan fingerprint density at radius 2 is 1.80 bits per heavy atom. The van der Waals surface area contributed by atoms with Crippen LogP contribution in [0, 0.1) is 11.8 Å². The zero-order valence-electron chi connectivity index (χ0n) is 26.8. The van der Waals surface area contributed by atoms with E-state index in [1.807, 2.05) is 62.4 Å². The van der Waals surface area contributed by atoms with Gasteiger partial charge in [-0.25, -0.2) is 0 Å². The number of nitrogens with zero attached hydrogens (tertiary/aromatic N) is 3. The minimum absolute atomic E-state index is 0.0787. The van der Waals surface area contributed by atoms with Gasteiger partial charge in [-0.1, -0.05) is 81.3 Å². The number of hydrogen-bond donors (Lipinski definition) is 1. The normalized spacial score (nSPS) is 33.5. The summed E-state index contributed by atoms with van der Waals surface area (Å²) in [7, 11) is 1.71. The van der Waals surface area contributed by atoms with E-state index in [2.05, 4.69) is 6.92 Å². The Balaban J connectivity index is 1.60. The fraction of sp³-hybridized carbons (Fsp3) is 0.600. The molecule has 2 saturated heterocycles. The summed E-state index contributed by atoms with van der Waals surface area (Å²) >= 11 is 0. The van der Waals surface area contributed by atoms with Crippen molar-refractivity contribution in [3.05, 3.63) is 60.2 Å². The van der Waals surface area contributed by atoms with Crippen molar-refractivity contribution in [2.24, 2.45) is 11.8 Å². The summed E-state index contributed by atoms with van der Waals surface area (Å²) in [6.07, 6.45) is 9.52. The van der Waals surface area contributed by atoms with E-state index in [-0.39, 0.29) is 24.8 Å². The molecule has 0 aliphatic carbocycles. The molecule has 0 bridgehead atoms.